The Morgan fingerprint density at radius 3 is 2.23 bits per heavy atom. The fourth-order valence-electron chi connectivity index (χ4n) is 1.11. The molecule has 0 rings (SSSR count). The monoisotopic (exact) mass is 187 g/mol. The lowest BCUT2D eigenvalue weighted by Crippen LogP contribution is -2.32. The molecule has 0 spiro atoms. The Kier molecular flexibility index (Phi) is 5.11. The average molecular weight is 187 g/mol. The molecule has 0 fully saturated rings. The topological polar surface area (TPSA) is 66.4 Å². The Labute approximate surface area is 78.3 Å². The van der Waals surface area contributed by atoms with E-state index in [1.54, 1.807) is 0 Å². The molecule has 76 valence electrons. The van der Waals surface area contributed by atoms with Crippen LogP contribution >= 0.6 is 0 Å². The SMILES string of the molecule is CC(=O)NCC(CC(C)C)C(=O)O. The van der Waals surface area contributed by atoms with Crippen LogP contribution in [-0.2, 0) is 9.59 Å². The highest BCUT2D eigenvalue weighted by molar-refractivity contribution is 5.75. The summed E-state index contributed by atoms with van der Waals surface area (Å²) in [4.78, 5) is 21.2. The van der Waals surface area contributed by atoms with E-state index < -0.39 is 11.9 Å². The van der Waals surface area contributed by atoms with E-state index in [9.17, 15) is 9.59 Å². The highest BCUT2D eigenvalue weighted by atomic mass is 16.4. The summed E-state index contributed by atoms with van der Waals surface area (Å²) in [5, 5.41) is 11.3. The molecule has 1 unspecified atom stereocenters. The van der Waals surface area contributed by atoms with E-state index in [0.29, 0.717) is 12.3 Å². The minimum absolute atomic E-state index is 0.185. The Bertz CT molecular complexity index is 189. The van der Waals surface area contributed by atoms with Crippen molar-refractivity contribution in [1.29, 1.82) is 0 Å². The molecule has 0 bridgehead atoms. The highest BCUT2D eigenvalue weighted by Gasteiger charge is 2.18. The standard InChI is InChI=1S/C9H17NO3/c1-6(2)4-8(9(12)13)5-10-7(3)11/h6,8H,4-5H2,1-3H3,(H,10,11)(H,12,13). The zero-order chi connectivity index (χ0) is 10.4. The van der Waals surface area contributed by atoms with Gasteiger partial charge in [-0.25, -0.2) is 0 Å². The molecular weight excluding hydrogens is 170 g/mol. The van der Waals surface area contributed by atoms with Crippen LogP contribution in [0.4, 0.5) is 0 Å². The van der Waals surface area contributed by atoms with Crippen LogP contribution in [0.2, 0.25) is 0 Å². The zero-order valence-electron chi connectivity index (χ0n) is 8.33. The number of hydrogen-bond donors (Lipinski definition) is 2. The molecule has 4 heteroatoms. The van der Waals surface area contributed by atoms with Crippen LogP contribution in [0.25, 0.3) is 0 Å². The quantitative estimate of drug-likeness (QED) is 0.671. The molecule has 4 nitrogen and oxygen atoms in total. The number of carbonyl (C=O) groups excluding carboxylic acids is 1. The average Bonchev–Trinajstić information content (AvgIpc) is 1.96. The summed E-state index contributed by atoms with van der Waals surface area (Å²) in [6, 6.07) is 0. The van der Waals surface area contributed by atoms with Crippen LogP contribution in [0.3, 0.4) is 0 Å². The lowest BCUT2D eigenvalue weighted by atomic mass is 9.97. The van der Waals surface area contributed by atoms with Gasteiger partial charge < -0.3 is 10.4 Å². The van der Waals surface area contributed by atoms with Crippen molar-refractivity contribution < 1.29 is 14.7 Å². The van der Waals surface area contributed by atoms with Gasteiger partial charge in [0.25, 0.3) is 0 Å². The minimum atomic E-state index is -0.845. The van der Waals surface area contributed by atoms with E-state index in [0.717, 1.165) is 0 Å². The first-order chi connectivity index (χ1) is 5.93. The van der Waals surface area contributed by atoms with Crippen molar-refractivity contribution in [3.63, 3.8) is 0 Å². The second-order valence-electron chi connectivity index (χ2n) is 3.60. The fraction of sp³-hybridized carbons (Fsp3) is 0.778. The first kappa shape index (κ1) is 11.9. The van der Waals surface area contributed by atoms with Gasteiger partial charge in [-0.05, 0) is 12.3 Å². The molecule has 0 aromatic heterocycles. The van der Waals surface area contributed by atoms with Crippen molar-refractivity contribution in [3.05, 3.63) is 0 Å². The second-order valence-corrected chi connectivity index (χ2v) is 3.60. The largest absolute Gasteiger partial charge is 0.481 e. The molecule has 0 saturated carbocycles. The van der Waals surface area contributed by atoms with Gasteiger partial charge in [-0.2, -0.15) is 0 Å². The predicted octanol–water partition coefficient (Wildman–Crippen LogP) is 0.869. The Morgan fingerprint density at radius 1 is 1.38 bits per heavy atom. The number of hydrogen-bond acceptors (Lipinski definition) is 2. The Morgan fingerprint density at radius 2 is 1.92 bits per heavy atom. The highest BCUT2D eigenvalue weighted by Crippen LogP contribution is 2.10. The van der Waals surface area contributed by atoms with Gasteiger partial charge in [-0.1, -0.05) is 13.8 Å². The molecule has 0 heterocycles. The number of nitrogens with one attached hydrogen (secondary N) is 1. The maximum absolute atomic E-state index is 10.7. The maximum Gasteiger partial charge on any atom is 0.308 e. The number of carboxylic acid groups (broad SMARTS) is 1. The molecule has 0 aliphatic carbocycles. The van der Waals surface area contributed by atoms with E-state index in [-0.39, 0.29) is 12.5 Å². The molecule has 0 aliphatic heterocycles. The van der Waals surface area contributed by atoms with Crippen molar-refractivity contribution in [2.45, 2.75) is 27.2 Å². The molecule has 0 aromatic rings. The van der Waals surface area contributed by atoms with Gasteiger partial charge in [0.15, 0.2) is 0 Å². The van der Waals surface area contributed by atoms with Crippen LogP contribution in [0.15, 0.2) is 0 Å². The number of rotatable bonds is 5. The summed E-state index contributed by atoms with van der Waals surface area (Å²) in [6.45, 7) is 5.53. The number of carbonyl (C=O) groups is 2. The van der Waals surface area contributed by atoms with Gasteiger partial charge in [0.2, 0.25) is 5.91 Å². The van der Waals surface area contributed by atoms with Crippen LogP contribution < -0.4 is 5.32 Å². The van der Waals surface area contributed by atoms with E-state index in [1.807, 2.05) is 13.8 Å². The third kappa shape index (κ3) is 6.13. The van der Waals surface area contributed by atoms with E-state index in [1.165, 1.54) is 6.92 Å². The molecule has 0 radical (unpaired) electrons. The molecule has 1 atom stereocenters. The van der Waals surface area contributed by atoms with Gasteiger partial charge in [-0.3, -0.25) is 9.59 Å². The van der Waals surface area contributed by atoms with Gasteiger partial charge in [0.1, 0.15) is 0 Å². The van der Waals surface area contributed by atoms with E-state index in [4.69, 9.17) is 5.11 Å². The molecular formula is C9H17NO3. The summed E-state index contributed by atoms with van der Waals surface area (Å²) < 4.78 is 0. The van der Waals surface area contributed by atoms with E-state index in [2.05, 4.69) is 5.32 Å². The van der Waals surface area contributed by atoms with E-state index >= 15 is 0 Å². The first-order valence-corrected chi connectivity index (χ1v) is 4.40. The zero-order valence-corrected chi connectivity index (χ0v) is 8.33. The van der Waals surface area contributed by atoms with Crippen molar-refractivity contribution in [2.75, 3.05) is 6.54 Å². The van der Waals surface area contributed by atoms with Crippen LogP contribution in [0.5, 0.6) is 0 Å². The van der Waals surface area contributed by atoms with Gasteiger partial charge >= 0.3 is 5.97 Å². The molecule has 0 aromatic carbocycles. The van der Waals surface area contributed by atoms with Crippen molar-refractivity contribution >= 4 is 11.9 Å². The number of aliphatic carboxylic acids is 1. The van der Waals surface area contributed by atoms with Crippen molar-refractivity contribution in [3.8, 4) is 0 Å². The van der Waals surface area contributed by atoms with Crippen LogP contribution in [-0.4, -0.2) is 23.5 Å². The molecule has 2 N–H and O–H groups in total. The molecule has 0 saturated heterocycles. The summed E-state index contributed by atoms with van der Waals surface area (Å²) in [5.41, 5.74) is 0. The summed E-state index contributed by atoms with van der Waals surface area (Å²) in [7, 11) is 0. The Hall–Kier alpha value is -1.06. The maximum atomic E-state index is 10.7. The van der Waals surface area contributed by atoms with Crippen LogP contribution in [0, 0.1) is 11.8 Å². The van der Waals surface area contributed by atoms with Crippen LogP contribution in [0.1, 0.15) is 27.2 Å². The molecule has 13 heavy (non-hydrogen) atoms. The molecule has 1 amide bonds. The van der Waals surface area contributed by atoms with Gasteiger partial charge in [0.05, 0.1) is 5.92 Å². The summed E-state index contributed by atoms with van der Waals surface area (Å²) >= 11 is 0. The third-order valence-corrected chi connectivity index (χ3v) is 1.70. The van der Waals surface area contributed by atoms with Crippen molar-refractivity contribution in [2.24, 2.45) is 11.8 Å². The summed E-state index contributed by atoms with van der Waals surface area (Å²) in [5.74, 6) is -1.17. The number of amides is 1. The smallest absolute Gasteiger partial charge is 0.308 e. The lowest BCUT2D eigenvalue weighted by molar-refractivity contribution is -0.142. The normalized spacial score (nSPS) is 12.6. The van der Waals surface area contributed by atoms with Crippen molar-refractivity contribution in [1.82, 2.24) is 5.32 Å². The lowest BCUT2D eigenvalue weighted by Gasteiger charge is -2.14. The Balaban J connectivity index is 3.95. The minimum Gasteiger partial charge on any atom is -0.481 e. The predicted molar refractivity (Wildman–Crippen MR) is 49.3 cm³/mol. The second kappa shape index (κ2) is 5.56. The van der Waals surface area contributed by atoms with Gasteiger partial charge in [-0.15, -0.1) is 0 Å². The summed E-state index contributed by atoms with van der Waals surface area (Å²) in [6.07, 6.45) is 0.593. The molecule has 0 aliphatic rings. The first-order valence-electron chi connectivity index (χ1n) is 4.40. The fourth-order valence-corrected chi connectivity index (χ4v) is 1.11. The van der Waals surface area contributed by atoms with Gasteiger partial charge in [0, 0.05) is 13.5 Å². The number of carboxylic acids is 1. The third-order valence-electron chi connectivity index (χ3n) is 1.70.